The number of rotatable bonds is 6. The van der Waals surface area contributed by atoms with Gasteiger partial charge >= 0.3 is 25.8 Å². The molecule has 0 aliphatic rings. The third-order valence-corrected chi connectivity index (χ3v) is 7.54. The topological polar surface area (TPSA) is 63.8 Å². The van der Waals surface area contributed by atoms with E-state index in [0.717, 1.165) is 45.1 Å². The van der Waals surface area contributed by atoms with E-state index in [4.69, 9.17) is 20.6 Å². The summed E-state index contributed by atoms with van der Waals surface area (Å²) in [7, 11) is 0. The second-order valence-electron chi connectivity index (χ2n) is 11.5. The van der Waals surface area contributed by atoms with E-state index < -0.39 is 0 Å². The third kappa shape index (κ3) is 8.31. The van der Waals surface area contributed by atoms with Crippen LogP contribution < -0.4 is 0 Å². The number of fused-ring (bicyclic) bond motifs is 2. The minimum Gasteiger partial charge on any atom is -0.436 e. The number of pyridine rings is 2. The van der Waals surface area contributed by atoms with E-state index in [1.54, 1.807) is 0 Å². The zero-order valence-electron chi connectivity index (χ0n) is 28.4. The number of benzene rings is 2. The van der Waals surface area contributed by atoms with Crippen LogP contribution in [0, 0.1) is 42.5 Å². The van der Waals surface area contributed by atoms with E-state index in [1.165, 1.54) is 22.3 Å². The Labute approximate surface area is 289 Å². The van der Waals surface area contributed by atoms with E-state index in [-0.39, 0.29) is 40.7 Å². The normalized spacial score (nSPS) is 10.5. The van der Waals surface area contributed by atoms with E-state index in [0.29, 0.717) is 12.1 Å². The molecule has 45 heavy (non-hydrogen) atoms. The standard InChI is InChI=1S/2C18H20N3.2CH3.Hf/c2*1-12(2)21-11-10-15-8-9-16(20-18(15)21)19-17-13(3)6-5-7-14(17)4;;;/h2*5-12H,1-4H3;2*1H3;/q4*-1;+4. The van der Waals surface area contributed by atoms with Crippen molar-refractivity contribution in [2.75, 3.05) is 0 Å². The number of hydrogen-bond acceptors (Lipinski definition) is 2. The Kier molecular flexibility index (Phi) is 13.3. The summed E-state index contributed by atoms with van der Waals surface area (Å²) in [6.45, 7) is 17.0. The number of hydrogen-bond donors (Lipinski definition) is 0. The summed E-state index contributed by atoms with van der Waals surface area (Å²) in [5, 5.41) is 11.8. The van der Waals surface area contributed by atoms with Crippen molar-refractivity contribution in [1.82, 2.24) is 19.1 Å². The van der Waals surface area contributed by atoms with Crippen LogP contribution in [-0.2, 0) is 25.8 Å². The Morgan fingerprint density at radius 1 is 0.511 bits per heavy atom. The summed E-state index contributed by atoms with van der Waals surface area (Å²) in [5.41, 5.74) is 8.74. The van der Waals surface area contributed by atoms with Crippen LogP contribution in [0.4, 0.5) is 23.0 Å². The molecular weight excluding hydrogens is 719 g/mol. The number of para-hydroxylation sites is 2. The fraction of sp³-hybridized carbons (Fsp3) is 0.263. The van der Waals surface area contributed by atoms with Crippen molar-refractivity contribution in [1.29, 1.82) is 0 Å². The first-order valence-electron chi connectivity index (χ1n) is 14.6. The smallest absolute Gasteiger partial charge is 0.436 e. The van der Waals surface area contributed by atoms with Crippen LogP contribution in [0.2, 0.25) is 0 Å². The molecule has 0 N–H and O–H groups in total. The summed E-state index contributed by atoms with van der Waals surface area (Å²) in [5.74, 6) is 1.53. The summed E-state index contributed by atoms with van der Waals surface area (Å²) >= 11 is 0. The maximum Gasteiger partial charge on any atom is 4.00 e. The molecule has 0 unspecified atom stereocenters. The van der Waals surface area contributed by atoms with Crippen molar-refractivity contribution in [3.05, 3.63) is 133 Å². The second kappa shape index (κ2) is 16.0. The number of aryl methyl sites for hydroxylation is 4. The van der Waals surface area contributed by atoms with Gasteiger partial charge in [-0.2, -0.15) is 0 Å². The average molecular weight is 765 g/mol. The van der Waals surface area contributed by atoms with Crippen molar-refractivity contribution in [2.24, 2.45) is 0 Å². The van der Waals surface area contributed by atoms with Crippen molar-refractivity contribution in [2.45, 2.75) is 67.5 Å². The molecule has 7 heteroatoms. The fourth-order valence-electron chi connectivity index (χ4n) is 5.19. The molecule has 6 nitrogen and oxygen atoms in total. The van der Waals surface area contributed by atoms with Crippen molar-refractivity contribution in [3.63, 3.8) is 0 Å². The molecule has 232 valence electrons. The van der Waals surface area contributed by atoms with E-state index in [9.17, 15) is 0 Å². The zero-order valence-corrected chi connectivity index (χ0v) is 32.0. The molecule has 4 aromatic heterocycles. The van der Waals surface area contributed by atoms with Crippen LogP contribution in [-0.4, -0.2) is 19.1 Å². The fourth-order valence-corrected chi connectivity index (χ4v) is 5.19. The molecule has 0 amide bonds. The second-order valence-corrected chi connectivity index (χ2v) is 11.5. The Morgan fingerprint density at radius 2 is 0.844 bits per heavy atom. The average Bonchev–Trinajstić information content (AvgIpc) is 3.57. The molecule has 4 heterocycles. The maximum atomic E-state index is 4.75. The largest absolute Gasteiger partial charge is 4.00 e. The molecular formula is C38H46HfN6. The molecule has 0 saturated heterocycles. The number of aromatic nitrogens is 4. The van der Waals surface area contributed by atoms with Gasteiger partial charge in [0.1, 0.15) is 0 Å². The van der Waals surface area contributed by atoms with Crippen LogP contribution in [0.25, 0.3) is 32.7 Å². The van der Waals surface area contributed by atoms with Gasteiger partial charge < -0.3 is 44.6 Å². The molecule has 0 aliphatic heterocycles. The zero-order chi connectivity index (χ0) is 30.0. The van der Waals surface area contributed by atoms with Crippen LogP contribution >= 0.6 is 0 Å². The Balaban J connectivity index is 0.000000294. The minimum atomic E-state index is 0. The number of nitrogens with zero attached hydrogens (tertiary/aromatic N) is 6. The van der Waals surface area contributed by atoms with Crippen molar-refractivity contribution < 1.29 is 25.8 Å². The Bertz CT molecular complexity index is 1670. The molecule has 0 atom stereocenters. The maximum absolute atomic E-state index is 4.75. The van der Waals surface area contributed by atoms with Gasteiger partial charge in [0.05, 0.1) is 0 Å². The van der Waals surface area contributed by atoms with Crippen LogP contribution in [0.3, 0.4) is 0 Å². The van der Waals surface area contributed by atoms with E-state index >= 15 is 0 Å². The predicted molar refractivity (Wildman–Crippen MR) is 190 cm³/mol. The summed E-state index contributed by atoms with van der Waals surface area (Å²) in [6.07, 6.45) is 4.18. The van der Waals surface area contributed by atoms with E-state index in [1.807, 2.05) is 12.1 Å². The first-order chi connectivity index (χ1) is 20.1. The minimum absolute atomic E-state index is 0. The predicted octanol–water partition coefficient (Wildman–Crippen LogP) is 12.0. The van der Waals surface area contributed by atoms with Crippen LogP contribution in [0.5, 0.6) is 0 Å². The molecule has 0 radical (unpaired) electrons. The summed E-state index contributed by atoms with van der Waals surface area (Å²) in [4.78, 5) is 9.46. The molecule has 0 fully saturated rings. The monoisotopic (exact) mass is 766 g/mol. The molecule has 0 spiro atoms. The van der Waals surface area contributed by atoms with Gasteiger partial charge in [0.25, 0.3) is 0 Å². The SMILES string of the molecule is Cc1cccc(C)c1[N-]c1ccc2ccn(C(C)C)c2n1.Cc1cccc(C)c1[N-]c1ccc2ccn(C(C)C)c2n1.[CH3-].[CH3-].[Hf+4]. The molecule has 6 aromatic rings. The molecule has 6 rings (SSSR count). The third-order valence-electron chi connectivity index (χ3n) is 7.54. The summed E-state index contributed by atoms with van der Waals surface area (Å²) < 4.78 is 4.36. The molecule has 0 bridgehead atoms. The first kappa shape index (κ1) is 37.5. The van der Waals surface area contributed by atoms with Crippen molar-refractivity contribution >= 4 is 45.1 Å². The summed E-state index contributed by atoms with van der Waals surface area (Å²) in [6, 6.07) is 25.6. The molecule has 2 aromatic carbocycles. The van der Waals surface area contributed by atoms with Gasteiger partial charge in [-0.1, -0.05) is 72.3 Å². The molecule has 0 saturated carbocycles. The van der Waals surface area contributed by atoms with Gasteiger partial charge in [-0.15, -0.1) is 0 Å². The van der Waals surface area contributed by atoms with Crippen LogP contribution in [0.15, 0.2) is 85.2 Å². The van der Waals surface area contributed by atoms with Gasteiger partial charge in [0.15, 0.2) is 0 Å². The van der Waals surface area contributed by atoms with Gasteiger partial charge in [-0.25, -0.2) is 0 Å². The van der Waals surface area contributed by atoms with Gasteiger partial charge in [0, 0.05) is 35.8 Å². The first-order valence-corrected chi connectivity index (χ1v) is 14.6. The van der Waals surface area contributed by atoms with E-state index in [2.05, 4.69) is 138 Å². The van der Waals surface area contributed by atoms with Gasteiger partial charge in [-0.05, 0) is 112 Å². The van der Waals surface area contributed by atoms with Gasteiger partial charge in [0.2, 0.25) is 0 Å². The van der Waals surface area contributed by atoms with Gasteiger partial charge in [-0.3, -0.25) is 0 Å². The molecule has 0 aliphatic carbocycles. The van der Waals surface area contributed by atoms with Crippen molar-refractivity contribution in [3.8, 4) is 0 Å². The quantitative estimate of drug-likeness (QED) is 0.125. The Morgan fingerprint density at radius 3 is 1.16 bits per heavy atom. The van der Waals surface area contributed by atoms with Crippen LogP contribution in [0.1, 0.15) is 62.0 Å². The Hall–Kier alpha value is -3.71.